The van der Waals surface area contributed by atoms with E-state index in [4.69, 9.17) is 4.74 Å². The van der Waals surface area contributed by atoms with Crippen LogP contribution in [0.5, 0.6) is 0 Å². The van der Waals surface area contributed by atoms with Gasteiger partial charge in [-0.25, -0.2) is 4.79 Å². The van der Waals surface area contributed by atoms with Gasteiger partial charge in [0.05, 0.1) is 15.4 Å². The molecule has 0 fully saturated rings. The van der Waals surface area contributed by atoms with Crippen LogP contribution in [-0.2, 0) is 17.6 Å². The van der Waals surface area contributed by atoms with Gasteiger partial charge in [-0.2, -0.15) is 0 Å². The highest BCUT2D eigenvalue weighted by molar-refractivity contribution is 7.98. The summed E-state index contributed by atoms with van der Waals surface area (Å²) in [4.78, 5) is 35.4. The molecule has 26 heavy (non-hydrogen) atoms. The largest absolute Gasteiger partial charge is 0.454 e. The van der Waals surface area contributed by atoms with Crippen LogP contribution in [0, 0.1) is 10.1 Å². The highest BCUT2D eigenvalue weighted by Gasteiger charge is 2.19. The Hall–Kier alpha value is -2.67. The molecule has 0 saturated heterocycles. The predicted octanol–water partition coefficient (Wildman–Crippen LogP) is 3.85. The second kappa shape index (κ2) is 7.70. The number of carbonyl (C=O) groups excluding carboxylic acids is 2. The van der Waals surface area contributed by atoms with Gasteiger partial charge in [0.1, 0.15) is 0 Å². The van der Waals surface area contributed by atoms with Crippen LogP contribution in [0.15, 0.2) is 41.3 Å². The summed E-state index contributed by atoms with van der Waals surface area (Å²) in [6.45, 7) is -0.393. The quantitative estimate of drug-likeness (QED) is 0.252. The topological polar surface area (TPSA) is 86.5 Å². The van der Waals surface area contributed by atoms with Gasteiger partial charge in [0.2, 0.25) is 0 Å². The van der Waals surface area contributed by atoms with Crippen LogP contribution in [0.4, 0.5) is 5.69 Å². The summed E-state index contributed by atoms with van der Waals surface area (Å²) in [5.41, 5.74) is 2.85. The first-order chi connectivity index (χ1) is 12.5. The standard InChI is InChI=1S/C19H17NO5S/c1-26-18-8-7-15(10-16(18)20(23)24)19(22)25-11-17(21)14-6-5-12-3-2-4-13(12)9-14/h5-10H,2-4,11H2,1H3. The number of Topliss-reactive ketones (excluding diaryl/α,β-unsaturated/α-hetero) is 1. The van der Waals surface area contributed by atoms with Crippen LogP contribution >= 0.6 is 11.8 Å². The summed E-state index contributed by atoms with van der Waals surface area (Å²) in [5.74, 6) is -1.04. The number of ketones is 1. The van der Waals surface area contributed by atoms with E-state index in [2.05, 4.69) is 0 Å². The van der Waals surface area contributed by atoms with Gasteiger partial charge in [-0.3, -0.25) is 14.9 Å². The van der Waals surface area contributed by atoms with E-state index in [9.17, 15) is 19.7 Å². The summed E-state index contributed by atoms with van der Waals surface area (Å²) < 4.78 is 5.05. The van der Waals surface area contributed by atoms with E-state index >= 15 is 0 Å². The number of carbonyl (C=O) groups is 2. The molecule has 0 radical (unpaired) electrons. The Morgan fingerprint density at radius 2 is 1.85 bits per heavy atom. The SMILES string of the molecule is CSc1ccc(C(=O)OCC(=O)c2ccc3c(c2)CCC3)cc1[N+](=O)[O-]. The maximum Gasteiger partial charge on any atom is 0.338 e. The number of thioether (sulfide) groups is 1. The summed E-state index contributed by atoms with van der Waals surface area (Å²) >= 11 is 1.22. The third-order valence-electron chi connectivity index (χ3n) is 4.37. The molecule has 0 saturated carbocycles. The van der Waals surface area contributed by atoms with Crippen LogP contribution < -0.4 is 0 Å². The molecule has 134 valence electrons. The number of fused-ring (bicyclic) bond motifs is 1. The molecule has 1 aliphatic carbocycles. The van der Waals surface area contributed by atoms with Gasteiger partial charge in [0.15, 0.2) is 12.4 Å². The van der Waals surface area contributed by atoms with Crippen molar-refractivity contribution in [3.8, 4) is 0 Å². The maximum absolute atomic E-state index is 12.3. The number of hydrogen-bond donors (Lipinski definition) is 0. The summed E-state index contributed by atoms with van der Waals surface area (Å²) in [7, 11) is 0. The van der Waals surface area contributed by atoms with Crippen molar-refractivity contribution in [1.82, 2.24) is 0 Å². The zero-order valence-electron chi connectivity index (χ0n) is 14.2. The molecule has 2 aromatic rings. The summed E-state index contributed by atoms with van der Waals surface area (Å²) in [5, 5.41) is 11.1. The number of esters is 1. The molecule has 0 aromatic heterocycles. The van der Waals surface area contributed by atoms with Crippen LogP contribution in [0.1, 0.15) is 38.3 Å². The molecule has 3 rings (SSSR count). The highest BCUT2D eigenvalue weighted by Crippen LogP contribution is 2.28. The molecule has 1 aliphatic rings. The average Bonchev–Trinajstić information content (AvgIpc) is 3.12. The van der Waals surface area contributed by atoms with E-state index in [0.29, 0.717) is 10.5 Å². The second-order valence-electron chi connectivity index (χ2n) is 5.98. The molecule has 0 amide bonds. The van der Waals surface area contributed by atoms with Gasteiger partial charge >= 0.3 is 5.97 Å². The third-order valence-corrected chi connectivity index (χ3v) is 5.15. The lowest BCUT2D eigenvalue weighted by Crippen LogP contribution is -2.14. The lowest BCUT2D eigenvalue weighted by atomic mass is 10.0. The third kappa shape index (κ3) is 3.77. The van der Waals surface area contributed by atoms with E-state index < -0.39 is 17.5 Å². The van der Waals surface area contributed by atoms with E-state index in [1.54, 1.807) is 12.3 Å². The van der Waals surface area contributed by atoms with Gasteiger partial charge in [0, 0.05) is 11.6 Å². The predicted molar refractivity (Wildman–Crippen MR) is 98.0 cm³/mol. The average molecular weight is 371 g/mol. The zero-order valence-corrected chi connectivity index (χ0v) is 15.0. The summed E-state index contributed by atoms with van der Waals surface area (Å²) in [6.07, 6.45) is 4.80. The number of benzene rings is 2. The number of hydrogen-bond acceptors (Lipinski definition) is 6. The minimum absolute atomic E-state index is 0.0521. The van der Waals surface area contributed by atoms with Crippen LogP contribution in [0.3, 0.4) is 0 Å². The number of nitrogens with zero attached hydrogens (tertiary/aromatic N) is 1. The molecule has 0 unspecified atom stereocenters. The zero-order chi connectivity index (χ0) is 18.7. The molecule has 0 bridgehead atoms. The van der Waals surface area contributed by atoms with Crippen molar-refractivity contribution in [2.45, 2.75) is 24.2 Å². The van der Waals surface area contributed by atoms with Crippen LogP contribution in [0.2, 0.25) is 0 Å². The smallest absolute Gasteiger partial charge is 0.338 e. The van der Waals surface area contributed by atoms with E-state index in [0.717, 1.165) is 19.3 Å². The molecular weight excluding hydrogens is 354 g/mol. The Labute approximate surface area is 154 Å². The van der Waals surface area contributed by atoms with E-state index in [-0.39, 0.29) is 17.0 Å². The lowest BCUT2D eigenvalue weighted by molar-refractivity contribution is -0.387. The number of nitro benzene ring substituents is 1. The van der Waals surface area contributed by atoms with E-state index in [1.807, 2.05) is 12.1 Å². The molecule has 0 atom stereocenters. The Bertz CT molecular complexity index is 893. The van der Waals surface area contributed by atoms with E-state index in [1.165, 1.54) is 41.1 Å². The molecule has 0 spiro atoms. The van der Waals surface area contributed by atoms with Crippen molar-refractivity contribution < 1.29 is 19.2 Å². The summed E-state index contributed by atoms with van der Waals surface area (Å²) in [6, 6.07) is 9.69. The minimum Gasteiger partial charge on any atom is -0.454 e. The fourth-order valence-corrected chi connectivity index (χ4v) is 3.55. The Kier molecular flexibility index (Phi) is 5.37. The van der Waals surface area contributed by atoms with Gasteiger partial charge in [-0.05, 0) is 54.8 Å². The van der Waals surface area contributed by atoms with Crippen LogP contribution in [-0.4, -0.2) is 29.5 Å². The Morgan fingerprint density at radius 3 is 2.58 bits per heavy atom. The normalized spacial score (nSPS) is 12.5. The molecule has 0 N–H and O–H groups in total. The van der Waals surface area contributed by atoms with Gasteiger partial charge < -0.3 is 4.74 Å². The lowest BCUT2D eigenvalue weighted by Gasteiger charge is -2.07. The highest BCUT2D eigenvalue weighted by atomic mass is 32.2. The van der Waals surface area contributed by atoms with Crippen molar-refractivity contribution in [3.63, 3.8) is 0 Å². The number of nitro groups is 1. The molecular formula is C19H17NO5S. The van der Waals surface area contributed by atoms with Gasteiger partial charge in [0.25, 0.3) is 5.69 Å². The maximum atomic E-state index is 12.3. The van der Waals surface area contributed by atoms with Crippen molar-refractivity contribution in [1.29, 1.82) is 0 Å². The van der Waals surface area contributed by atoms with Gasteiger partial charge in [-0.15, -0.1) is 11.8 Å². The van der Waals surface area contributed by atoms with Crippen molar-refractivity contribution in [2.75, 3.05) is 12.9 Å². The molecule has 7 heteroatoms. The molecule has 0 aliphatic heterocycles. The first kappa shape index (κ1) is 18.1. The first-order valence-electron chi connectivity index (χ1n) is 8.14. The van der Waals surface area contributed by atoms with Crippen LogP contribution in [0.25, 0.3) is 0 Å². The second-order valence-corrected chi connectivity index (χ2v) is 6.83. The monoisotopic (exact) mass is 371 g/mol. The first-order valence-corrected chi connectivity index (χ1v) is 9.36. The fraction of sp³-hybridized carbons (Fsp3) is 0.263. The fourth-order valence-electron chi connectivity index (χ4n) is 3.00. The number of ether oxygens (including phenoxy) is 1. The van der Waals surface area contributed by atoms with Crippen molar-refractivity contribution in [3.05, 3.63) is 68.8 Å². The van der Waals surface area contributed by atoms with Gasteiger partial charge in [-0.1, -0.05) is 12.1 Å². The minimum atomic E-state index is -0.754. The number of rotatable bonds is 6. The molecule has 0 heterocycles. The Morgan fingerprint density at radius 1 is 1.12 bits per heavy atom. The van der Waals surface area contributed by atoms with Crippen molar-refractivity contribution in [2.24, 2.45) is 0 Å². The van der Waals surface area contributed by atoms with Crippen molar-refractivity contribution >= 4 is 29.2 Å². The molecule has 2 aromatic carbocycles. The molecule has 6 nitrogen and oxygen atoms in total. The number of aryl methyl sites for hydroxylation is 2. The Balaban J connectivity index is 1.68.